The van der Waals surface area contributed by atoms with Gasteiger partial charge in [-0.25, -0.2) is 0 Å². The van der Waals surface area contributed by atoms with Gasteiger partial charge in [0.15, 0.2) is 0 Å². The number of carbonyl (C=O) groups excluding carboxylic acids is 1. The molecule has 1 aliphatic rings. The van der Waals surface area contributed by atoms with Gasteiger partial charge in [-0.1, -0.05) is 11.2 Å². The third kappa shape index (κ3) is 3.90. The van der Waals surface area contributed by atoms with E-state index in [0.29, 0.717) is 32.0 Å². The van der Waals surface area contributed by atoms with Crippen molar-refractivity contribution < 1.29 is 14.1 Å². The lowest BCUT2D eigenvalue weighted by molar-refractivity contribution is 0.0567. The number of aromatic nitrogens is 4. The van der Waals surface area contributed by atoms with Crippen LogP contribution in [0.4, 0.5) is 0 Å². The molecule has 1 unspecified atom stereocenters. The van der Waals surface area contributed by atoms with E-state index in [1.165, 1.54) is 0 Å². The summed E-state index contributed by atoms with van der Waals surface area (Å²) in [6, 6.07) is 9.42. The van der Waals surface area contributed by atoms with E-state index in [9.17, 15) is 4.79 Å². The molecule has 0 aromatic carbocycles. The predicted molar refractivity (Wildman–Crippen MR) is 95.8 cm³/mol. The second-order valence-corrected chi connectivity index (χ2v) is 6.60. The highest BCUT2D eigenvalue weighted by atomic mass is 16.5. The summed E-state index contributed by atoms with van der Waals surface area (Å²) in [5, 5.41) is 8.23. The first-order chi connectivity index (χ1) is 13.2. The number of nitrogens with zero attached hydrogens (tertiary/aromatic N) is 5. The number of pyridine rings is 1. The quantitative estimate of drug-likeness (QED) is 0.622. The van der Waals surface area contributed by atoms with Gasteiger partial charge in [0.2, 0.25) is 5.76 Å². The van der Waals surface area contributed by atoms with Crippen LogP contribution >= 0.6 is 0 Å². The summed E-state index contributed by atoms with van der Waals surface area (Å²) in [5.41, 5.74) is 2.60. The van der Waals surface area contributed by atoms with Crippen molar-refractivity contribution in [2.24, 2.45) is 0 Å². The van der Waals surface area contributed by atoms with Gasteiger partial charge < -0.3 is 14.2 Å². The maximum atomic E-state index is 12.7. The molecule has 140 valence electrons. The molecule has 4 heterocycles. The molecule has 0 saturated carbocycles. The van der Waals surface area contributed by atoms with Crippen LogP contribution in [0.25, 0.3) is 0 Å². The van der Waals surface area contributed by atoms with Gasteiger partial charge in [0, 0.05) is 31.6 Å². The lowest BCUT2D eigenvalue weighted by Crippen LogP contribution is -2.41. The van der Waals surface area contributed by atoms with Gasteiger partial charge in [-0.15, -0.1) is 0 Å². The minimum Gasteiger partial charge on any atom is -0.375 e. The lowest BCUT2D eigenvalue weighted by atomic mass is 10.1. The Morgan fingerprint density at radius 2 is 2.26 bits per heavy atom. The van der Waals surface area contributed by atoms with Crippen molar-refractivity contribution in [1.82, 2.24) is 24.8 Å². The zero-order valence-corrected chi connectivity index (χ0v) is 15.1. The maximum absolute atomic E-state index is 12.7. The number of aryl methyl sites for hydroxylation is 1. The van der Waals surface area contributed by atoms with Crippen LogP contribution in [0.1, 0.15) is 40.1 Å². The molecule has 8 nitrogen and oxygen atoms in total. The van der Waals surface area contributed by atoms with Gasteiger partial charge in [-0.2, -0.15) is 5.10 Å². The number of ether oxygens (including phenoxy) is 1. The molecule has 0 N–H and O–H groups in total. The Bertz CT molecular complexity index is 905. The largest absolute Gasteiger partial charge is 0.375 e. The first-order valence-electron chi connectivity index (χ1n) is 8.93. The van der Waals surface area contributed by atoms with Crippen LogP contribution in [-0.2, 0) is 17.9 Å². The molecule has 3 aromatic heterocycles. The predicted octanol–water partition coefficient (Wildman–Crippen LogP) is 2.38. The molecule has 3 aromatic rings. The zero-order valence-electron chi connectivity index (χ0n) is 15.1. The van der Waals surface area contributed by atoms with Gasteiger partial charge in [0.05, 0.1) is 36.3 Å². The van der Waals surface area contributed by atoms with Crippen LogP contribution in [0.5, 0.6) is 0 Å². The van der Waals surface area contributed by atoms with Crippen LogP contribution in [0.2, 0.25) is 0 Å². The van der Waals surface area contributed by atoms with Gasteiger partial charge in [0.25, 0.3) is 5.91 Å². The van der Waals surface area contributed by atoms with Gasteiger partial charge >= 0.3 is 0 Å². The monoisotopic (exact) mass is 367 g/mol. The average molecular weight is 367 g/mol. The Kier molecular flexibility index (Phi) is 4.97. The first-order valence-corrected chi connectivity index (χ1v) is 8.93. The van der Waals surface area contributed by atoms with Crippen LogP contribution < -0.4 is 0 Å². The summed E-state index contributed by atoms with van der Waals surface area (Å²) in [6.45, 7) is 3.89. The molecular formula is C19H21N5O3. The van der Waals surface area contributed by atoms with Crippen molar-refractivity contribution in [3.8, 4) is 0 Å². The summed E-state index contributed by atoms with van der Waals surface area (Å²) < 4.78 is 12.9. The summed E-state index contributed by atoms with van der Waals surface area (Å²) in [5.74, 6) is 0.119. The van der Waals surface area contributed by atoms with E-state index in [4.69, 9.17) is 9.26 Å². The van der Waals surface area contributed by atoms with E-state index in [1.807, 2.05) is 28.9 Å². The van der Waals surface area contributed by atoms with Gasteiger partial charge in [-0.3, -0.25) is 14.5 Å². The highest BCUT2D eigenvalue weighted by molar-refractivity contribution is 5.91. The van der Waals surface area contributed by atoms with Crippen LogP contribution in [0, 0.1) is 6.92 Å². The number of rotatable bonds is 6. The molecule has 0 radical (unpaired) electrons. The fourth-order valence-corrected chi connectivity index (χ4v) is 3.26. The van der Waals surface area contributed by atoms with Gasteiger partial charge in [0.1, 0.15) is 0 Å². The molecule has 1 amide bonds. The minimum absolute atomic E-state index is 0.0560. The molecule has 8 heteroatoms. The second-order valence-electron chi connectivity index (χ2n) is 6.60. The molecule has 0 aliphatic carbocycles. The van der Waals surface area contributed by atoms with E-state index in [2.05, 4.69) is 15.2 Å². The average Bonchev–Trinajstić information content (AvgIpc) is 3.34. The lowest BCUT2D eigenvalue weighted by Gasteiger charge is -2.33. The van der Waals surface area contributed by atoms with E-state index < -0.39 is 0 Å². The molecule has 4 rings (SSSR count). The summed E-state index contributed by atoms with van der Waals surface area (Å²) in [6.07, 6.45) is 4.27. The molecule has 0 saturated heterocycles. The fourth-order valence-electron chi connectivity index (χ4n) is 3.26. The van der Waals surface area contributed by atoms with E-state index in [0.717, 1.165) is 17.8 Å². The molecule has 0 spiro atoms. The summed E-state index contributed by atoms with van der Waals surface area (Å²) >= 11 is 0. The van der Waals surface area contributed by atoms with Crippen LogP contribution in [0.15, 0.2) is 47.2 Å². The molecule has 0 bridgehead atoms. The van der Waals surface area contributed by atoms with Crippen molar-refractivity contribution >= 4 is 5.91 Å². The van der Waals surface area contributed by atoms with Crippen molar-refractivity contribution in [3.63, 3.8) is 0 Å². The van der Waals surface area contributed by atoms with Crippen LogP contribution in [-0.4, -0.2) is 43.9 Å². The van der Waals surface area contributed by atoms with Crippen molar-refractivity contribution in [1.29, 1.82) is 0 Å². The molecule has 1 atom stereocenters. The van der Waals surface area contributed by atoms with E-state index in [-0.39, 0.29) is 17.7 Å². The Morgan fingerprint density at radius 3 is 3.04 bits per heavy atom. The SMILES string of the molecule is Cc1cc(C(=O)N2Cc3ccnn3C(CCOCc3ccccn3)C2)on1. The van der Waals surface area contributed by atoms with Crippen molar-refractivity contribution in [2.75, 3.05) is 13.2 Å². The smallest absolute Gasteiger partial charge is 0.292 e. The summed E-state index contributed by atoms with van der Waals surface area (Å²) in [7, 11) is 0. The number of amides is 1. The Balaban J connectivity index is 1.39. The molecule has 27 heavy (non-hydrogen) atoms. The van der Waals surface area contributed by atoms with Crippen LogP contribution in [0.3, 0.4) is 0 Å². The second kappa shape index (κ2) is 7.71. The highest BCUT2D eigenvalue weighted by Crippen LogP contribution is 2.24. The Morgan fingerprint density at radius 1 is 1.33 bits per heavy atom. The van der Waals surface area contributed by atoms with E-state index in [1.54, 1.807) is 30.3 Å². The first kappa shape index (κ1) is 17.4. The number of hydrogen-bond acceptors (Lipinski definition) is 6. The van der Waals surface area contributed by atoms with Crippen molar-refractivity contribution in [3.05, 3.63) is 65.6 Å². The Labute approximate surface area is 156 Å². The van der Waals surface area contributed by atoms with Crippen molar-refractivity contribution in [2.45, 2.75) is 32.5 Å². The standard InChI is InChI=1S/C19H21N5O3/c1-14-10-18(27-22-14)19(25)23-11-16-5-8-21-24(16)17(12-23)6-9-26-13-15-4-2-3-7-20-15/h2-5,7-8,10,17H,6,9,11-13H2,1H3. The van der Waals surface area contributed by atoms with E-state index >= 15 is 0 Å². The fraction of sp³-hybridized carbons (Fsp3) is 0.368. The third-order valence-electron chi connectivity index (χ3n) is 4.58. The number of fused-ring (bicyclic) bond motifs is 1. The summed E-state index contributed by atoms with van der Waals surface area (Å²) in [4.78, 5) is 18.8. The van der Waals surface area contributed by atoms with Gasteiger partial charge in [-0.05, 0) is 31.5 Å². The number of carbonyl (C=O) groups is 1. The third-order valence-corrected chi connectivity index (χ3v) is 4.58. The zero-order chi connectivity index (χ0) is 18.6. The molecule has 0 fully saturated rings. The normalized spacial score (nSPS) is 16.3. The number of hydrogen-bond donors (Lipinski definition) is 0. The molecule has 1 aliphatic heterocycles. The Hall–Kier alpha value is -3.00. The topological polar surface area (TPSA) is 86.3 Å². The maximum Gasteiger partial charge on any atom is 0.292 e. The molecular weight excluding hydrogens is 346 g/mol. The highest BCUT2D eigenvalue weighted by Gasteiger charge is 2.30. The minimum atomic E-state index is -0.151.